The molecule has 1 aliphatic rings. The number of ether oxygens (including phenoxy) is 1. The summed E-state index contributed by atoms with van der Waals surface area (Å²) in [6.07, 6.45) is 2.71. The van der Waals surface area contributed by atoms with Crippen LogP contribution < -0.4 is 15.8 Å². The van der Waals surface area contributed by atoms with Crippen molar-refractivity contribution in [1.29, 1.82) is 0 Å². The maximum absolute atomic E-state index is 5.87. The molecule has 5 heteroatoms. The molecule has 1 fully saturated rings. The van der Waals surface area contributed by atoms with Crippen molar-refractivity contribution < 1.29 is 4.74 Å². The molecule has 0 aliphatic carbocycles. The van der Waals surface area contributed by atoms with Gasteiger partial charge in [0.2, 0.25) is 5.88 Å². The van der Waals surface area contributed by atoms with Crippen molar-refractivity contribution in [1.82, 2.24) is 9.88 Å². The number of nitrogens with zero attached hydrogens (tertiary/aromatic N) is 2. The standard InChI is InChI=1S/C15H26N4O/c1-11(2)20-15-13(16)6-7-14(18-15)17-10-12(3)19-8-4-5-9-19/h6-7,11-12H,4-5,8-10,16H2,1-3H3,(H,17,18). The van der Waals surface area contributed by atoms with Crippen LogP contribution in [0, 0.1) is 0 Å². The summed E-state index contributed by atoms with van der Waals surface area (Å²) in [5, 5.41) is 3.37. The lowest BCUT2D eigenvalue weighted by Gasteiger charge is -2.24. The summed E-state index contributed by atoms with van der Waals surface area (Å²) in [5.41, 5.74) is 6.45. The van der Waals surface area contributed by atoms with Crippen molar-refractivity contribution in [2.45, 2.75) is 45.8 Å². The first-order chi connectivity index (χ1) is 9.56. The van der Waals surface area contributed by atoms with Crippen LogP contribution in [0.3, 0.4) is 0 Å². The molecule has 1 aromatic rings. The van der Waals surface area contributed by atoms with Crippen LogP contribution in [0.2, 0.25) is 0 Å². The molecule has 112 valence electrons. The largest absolute Gasteiger partial charge is 0.473 e. The van der Waals surface area contributed by atoms with Crippen LogP contribution in [0.25, 0.3) is 0 Å². The molecule has 2 rings (SSSR count). The Hall–Kier alpha value is -1.49. The Morgan fingerprint density at radius 1 is 1.30 bits per heavy atom. The van der Waals surface area contributed by atoms with Crippen molar-refractivity contribution in [3.63, 3.8) is 0 Å². The monoisotopic (exact) mass is 278 g/mol. The number of nitrogens with two attached hydrogens (primary N) is 1. The fourth-order valence-corrected chi connectivity index (χ4v) is 2.43. The van der Waals surface area contributed by atoms with Crippen LogP contribution >= 0.6 is 0 Å². The molecule has 0 bridgehead atoms. The molecule has 20 heavy (non-hydrogen) atoms. The zero-order valence-corrected chi connectivity index (χ0v) is 12.7. The molecule has 0 amide bonds. The highest BCUT2D eigenvalue weighted by atomic mass is 16.5. The van der Waals surface area contributed by atoms with Gasteiger partial charge < -0.3 is 15.8 Å². The minimum Gasteiger partial charge on any atom is -0.473 e. The number of aromatic nitrogens is 1. The molecule has 1 atom stereocenters. The van der Waals surface area contributed by atoms with Crippen molar-refractivity contribution >= 4 is 11.5 Å². The summed E-state index contributed by atoms with van der Waals surface area (Å²) in [6, 6.07) is 4.26. The Labute approximate surface area is 121 Å². The normalized spacial score (nSPS) is 17.4. The van der Waals surface area contributed by atoms with E-state index >= 15 is 0 Å². The number of hydrogen-bond donors (Lipinski definition) is 2. The minimum absolute atomic E-state index is 0.0728. The van der Waals surface area contributed by atoms with E-state index in [1.54, 1.807) is 0 Å². The molecule has 3 N–H and O–H groups in total. The smallest absolute Gasteiger partial charge is 0.239 e. The Kier molecular flexibility index (Phi) is 5.06. The lowest BCUT2D eigenvalue weighted by Crippen LogP contribution is -2.35. The maximum atomic E-state index is 5.87. The Morgan fingerprint density at radius 3 is 2.65 bits per heavy atom. The molecule has 1 saturated heterocycles. The minimum atomic E-state index is 0.0728. The van der Waals surface area contributed by atoms with Gasteiger partial charge in [0.1, 0.15) is 5.82 Å². The lowest BCUT2D eigenvalue weighted by atomic mass is 10.3. The quantitative estimate of drug-likeness (QED) is 0.836. The van der Waals surface area contributed by atoms with E-state index in [4.69, 9.17) is 10.5 Å². The maximum Gasteiger partial charge on any atom is 0.239 e. The van der Waals surface area contributed by atoms with Crippen molar-refractivity contribution in [2.75, 3.05) is 30.7 Å². The highest BCUT2D eigenvalue weighted by Crippen LogP contribution is 2.22. The molecule has 0 radical (unpaired) electrons. The van der Waals surface area contributed by atoms with E-state index < -0.39 is 0 Å². The van der Waals surface area contributed by atoms with Crippen LogP contribution in [0.5, 0.6) is 5.88 Å². The number of anilines is 2. The number of rotatable bonds is 6. The Bertz CT molecular complexity index is 430. The highest BCUT2D eigenvalue weighted by Gasteiger charge is 2.17. The van der Waals surface area contributed by atoms with E-state index in [0.717, 1.165) is 12.4 Å². The third kappa shape index (κ3) is 4.00. The van der Waals surface area contributed by atoms with Gasteiger partial charge in [0.05, 0.1) is 11.8 Å². The lowest BCUT2D eigenvalue weighted by molar-refractivity contribution is 0.234. The molecule has 0 aromatic carbocycles. The van der Waals surface area contributed by atoms with Gasteiger partial charge in [-0.2, -0.15) is 4.98 Å². The first-order valence-electron chi connectivity index (χ1n) is 7.47. The first kappa shape index (κ1) is 14.9. The predicted molar refractivity (Wildman–Crippen MR) is 83.2 cm³/mol. The fraction of sp³-hybridized carbons (Fsp3) is 0.667. The van der Waals surface area contributed by atoms with E-state index in [2.05, 4.69) is 22.1 Å². The summed E-state index contributed by atoms with van der Waals surface area (Å²) in [6.45, 7) is 9.49. The third-order valence-corrected chi connectivity index (χ3v) is 3.58. The molecule has 0 spiro atoms. The highest BCUT2D eigenvalue weighted by molar-refractivity contribution is 5.53. The molecule has 1 unspecified atom stereocenters. The van der Waals surface area contributed by atoms with Gasteiger partial charge in [-0.25, -0.2) is 0 Å². The Morgan fingerprint density at radius 2 is 2.00 bits per heavy atom. The summed E-state index contributed by atoms with van der Waals surface area (Å²) in [7, 11) is 0. The van der Waals surface area contributed by atoms with Crippen molar-refractivity contribution in [3.8, 4) is 5.88 Å². The molecular formula is C15H26N4O. The van der Waals surface area contributed by atoms with Gasteiger partial charge in [0.25, 0.3) is 0 Å². The van der Waals surface area contributed by atoms with E-state index in [1.807, 2.05) is 26.0 Å². The second kappa shape index (κ2) is 6.79. The summed E-state index contributed by atoms with van der Waals surface area (Å²) < 4.78 is 5.61. The number of hydrogen-bond acceptors (Lipinski definition) is 5. The molecule has 1 aliphatic heterocycles. The predicted octanol–water partition coefficient (Wildman–Crippen LogP) is 2.35. The number of pyridine rings is 1. The van der Waals surface area contributed by atoms with Gasteiger partial charge in [-0.1, -0.05) is 0 Å². The second-order valence-corrected chi connectivity index (χ2v) is 5.73. The van der Waals surface area contributed by atoms with Crippen LogP contribution in [0.15, 0.2) is 12.1 Å². The number of nitrogen functional groups attached to an aromatic ring is 1. The van der Waals surface area contributed by atoms with Gasteiger partial charge in [0.15, 0.2) is 0 Å². The summed E-state index contributed by atoms with van der Waals surface area (Å²) >= 11 is 0. The van der Waals surface area contributed by atoms with Crippen LogP contribution in [-0.4, -0.2) is 41.7 Å². The average molecular weight is 278 g/mol. The van der Waals surface area contributed by atoms with Gasteiger partial charge in [-0.3, -0.25) is 4.90 Å². The fourth-order valence-electron chi connectivity index (χ4n) is 2.43. The first-order valence-corrected chi connectivity index (χ1v) is 7.47. The van der Waals surface area contributed by atoms with Crippen molar-refractivity contribution in [3.05, 3.63) is 12.1 Å². The topological polar surface area (TPSA) is 63.4 Å². The van der Waals surface area contributed by atoms with Gasteiger partial charge in [0, 0.05) is 12.6 Å². The molecule has 0 saturated carbocycles. The van der Waals surface area contributed by atoms with E-state index in [9.17, 15) is 0 Å². The average Bonchev–Trinajstić information content (AvgIpc) is 2.92. The summed E-state index contributed by atoms with van der Waals surface area (Å²) in [4.78, 5) is 6.94. The molecular weight excluding hydrogens is 252 g/mol. The third-order valence-electron chi connectivity index (χ3n) is 3.58. The molecule has 2 heterocycles. The second-order valence-electron chi connectivity index (χ2n) is 5.73. The zero-order valence-electron chi connectivity index (χ0n) is 12.7. The Balaban J connectivity index is 1.91. The van der Waals surface area contributed by atoms with Crippen LogP contribution in [0.4, 0.5) is 11.5 Å². The van der Waals surface area contributed by atoms with E-state index in [1.165, 1.54) is 25.9 Å². The van der Waals surface area contributed by atoms with Gasteiger partial charge in [-0.15, -0.1) is 0 Å². The van der Waals surface area contributed by atoms with Crippen LogP contribution in [0.1, 0.15) is 33.6 Å². The number of nitrogens with one attached hydrogen (secondary N) is 1. The molecule has 1 aromatic heterocycles. The number of likely N-dealkylation sites (tertiary alicyclic amines) is 1. The zero-order chi connectivity index (χ0) is 14.5. The van der Waals surface area contributed by atoms with E-state index in [0.29, 0.717) is 17.6 Å². The van der Waals surface area contributed by atoms with Gasteiger partial charge >= 0.3 is 0 Å². The van der Waals surface area contributed by atoms with Gasteiger partial charge in [-0.05, 0) is 58.8 Å². The SMILES string of the molecule is CC(C)Oc1nc(NCC(C)N2CCCC2)ccc1N. The van der Waals surface area contributed by atoms with E-state index in [-0.39, 0.29) is 6.10 Å². The van der Waals surface area contributed by atoms with Crippen molar-refractivity contribution in [2.24, 2.45) is 0 Å². The molecule has 5 nitrogen and oxygen atoms in total. The van der Waals surface area contributed by atoms with Crippen LogP contribution in [-0.2, 0) is 0 Å². The summed E-state index contributed by atoms with van der Waals surface area (Å²) in [5.74, 6) is 1.33.